The van der Waals surface area contributed by atoms with Crippen LogP contribution in [0.3, 0.4) is 0 Å². The molecule has 0 radical (unpaired) electrons. The number of aliphatic hydroxyl groups excluding tert-OH is 1. The summed E-state index contributed by atoms with van der Waals surface area (Å²) in [6, 6.07) is 33.6. The van der Waals surface area contributed by atoms with Crippen LogP contribution in [0.25, 0.3) is 11.2 Å². The molecule has 12 nitrogen and oxygen atoms in total. The molecule has 1 amide bonds. The van der Waals surface area contributed by atoms with Crippen molar-refractivity contribution in [1.29, 1.82) is 0 Å². The first-order valence-electron chi connectivity index (χ1n) is 17.9. The summed E-state index contributed by atoms with van der Waals surface area (Å²) in [7, 11) is 3.21. The summed E-state index contributed by atoms with van der Waals surface area (Å²) in [6.07, 6.45) is 0.685. The number of nitrogens with zero attached hydrogens (tertiary/aromatic N) is 4. The van der Waals surface area contributed by atoms with E-state index in [0.717, 1.165) is 16.7 Å². The number of carbonyl (C=O) groups is 2. The molecular weight excluding hydrogens is 699 g/mol. The van der Waals surface area contributed by atoms with Crippen molar-refractivity contribution in [2.24, 2.45) is 5.41 Å². The largest absolute Gasteiger partial charge is 0.497 e. The zero-order valence-electron chi connectivity index (χ0n) is 31.3. The number of amides is 1. The van der Waals surface area contributed by atoms with E-state index in [0.29, 0.717) is 28.2 Å². The van der Waals surface area contributed by atoms with E-state index in [4.69, 9.17) is 18.9 Å². The first kappa shape index (κ1) is 37.4. The van der Waals surface area contributed by atoms with Crippen LogP contribution in [0.15, 0.2) is 122 Å². The Morgan fingerprint density at radius 2 is 1.38 bits per heavy atom. The highest BCUT2D eigenvalue weighted by Crippen LogP contribution is 2.47. The normalized spacial score (nSPS) is 18.6. The Labute approximate surface area is 319 Å². The molecule has 1 aliphatic rings. The number of aliphatic hydroxyl groups is 1. The third kappa shape index (κ3) is 6.95. The maximum atomic E-state index is 14.7. The van der Waals surface area contributed by atoms with Gasteiger partial charge in [-0.1, -0.05) is 93.6 Å². The molecule has 6 aromatic rings. The van der Waals surface area contributed by atoms with Crippen LogP contribution in [-0.2, 0) is 19.9 Å². The van der Waals surface area contributed by atoms with Gasteiger partial charge < -0.3 is 29.4 Å². The van der Waals surface area contributed by atoms with Gasteiger partial charge in [-0.25, -0.2) is 15.0 Å². The lowest BCUT2D eigenvalue weighted by atomic mass is 9.76. The van der Waals surface area contributed by atoms with Crippen LogP contribution in [-0.4, -0.2) is 68.8 Å². The maximum Gasteiger partial charge on any atom is 0.256 e. The number of nitrogens with one attached hydrogen (secondary N) is 1. The average Bonchev–Trinajstić information content (AvgIpc) is 3.80. The molecule has 0 bridgehead atoms. The number of Topliss-reactive ketones (excluding diaryl/α,β-unsaturated/α-hetero) is 1. The second kappa shape index (κ2) is 15.1. The minimum Gasteiger partial charge on any atom is -0.497 e. The molecule has 7 rings (SSSR count). The predicted octanol–water partition coefficient (Wildman–Crippen LogP) is 6.74. The van der Waals surface area contributed by atoms with Gasteiger partial charge in [0.15, 0.2) is 28.4 Å². The summed E-state index contributed by atoms with van der Waals surface area (Å²) in [5, 5.41) is 14.9. The summed E-state index contributed by atoms with van der Waals surface area (Å²) in [5.74, 6) is 0.845. The van der Waals surface area contributed by atoms with E-state index in [2.05, 4.69) is 20.3 Å². The van der Waals surface area contributed by atoms with Crippen LogP contribution in [0.2, 0.25) is 0 Å². The van der Waals surface area contributed by atoms with Crippen molar-refractivity contribution in [2.45, 2.75) is 50.7 Å². The molecular formula is C43H43N5O7. The van der Waals surface area contributed by atoms with Gasteiger partial charge >= 0.3 is 0 Å². The lowest BCUT2D eigenvalue weighted by Gasteiger charge is -2.41. The fraction of sp³-hybridized carbons (Fsp3) is 0.279. The van der Waals surface area contributed by atoms with Crippen LogP contribution in [0, 0.1) is 5.41 Å². The summed E-state index contributed by atoms with van der Waals surface area (Å²) < 4.78 is 26.6. The number of hydrogen-bond acceptors (Lipinski definition) is 10. The van der Waals surface area contributed by atoms with Crippen LogP contribution < -0.4 is 14.8 Å². The molecule has 12 heteroatoms. The Balaban J connectivity index is 1.30. The second-order valence-electron chi connectivity index (χ2n) is 14.5. The van der Waals surface area contributed by atoms with Crippen LogP contribution in [0.5, 0.6) is 11.5 Å². The quantitative estimate of drug-likeness (QED) is 0.129. The van der Waals surface area contributed by atoms with Crippen molar-refractivity contribution in [2.75, 3.05) is 26.1 Å². The Morgan fingerprint density at radius 3 is 1.95 bits per heavy atom. The number of ketones is 1. The number of rotatable bonds is 12. The molecule has 0 spiro atoms. The molecule has 0 saturated carbocycles. The molecule has 0 aliphatic carbocycles. The van der Waals surface area contributed by atoms with Gasteiger partial charge in [0.25, 0.3) is 5.91 Å². The van der Waals surface area contributed by atoms with E-state index in [1.54, 1.807) is 63.8 Å². The van der Waals surface area contributed by atoms with E-state index in [1.165, 1.54) is 12.7 Å². The number of benzene rings is 4. The molecule has 55 heavy (non-hydrogen) atoms. The number of fused-ring (bicyclic) bond motifs is 1. The number of anilines is 1. The van der Waals surface area contributed by atoms with E-state index < -0.39 is 28.9 Å². The van der Waals surface area contributed by atoms with Gasteiger partial charge in [0.2, 0.25) is 0 Å². The highest BCUT2D eigenvalue weighted by atomic mass is 16.6. The van der Waals surface area contributed by atoms with Gasteiger partial charge in [-0.3, -0.25) is 14.2 Å². The number of carbonyl (C=O) groups excluding carboxylic acids is 2. The lowest BCUT2D eigenvalue weighted by molar-refractivity contribution is -0.184. The number of methoxy groups -OCH3 is 2. The van der Waals surface area contributed by atoms with Crippen LogP contribution in [0.4, 0.5) is 5.82 Å². The van der Waals surface area contributed by atoms with Gasteiger partial charge in [0.1, 0.15) is 29.7 Å². The maximum absolute atomic E-state index is 14.7. The third-order valence-electron chi connectivity index (χ3n) is 9.99. The average molecular weight is 742 g/mol. The summed E-state index contributed by atoms with van der Waals surface area (Å²) in [6.45, 7) is 5.05. The molecule has 1 fully saturated rings. The van der Waals surface area contributed by atoms with Gasteiger partial charge in [-0.15, -0.1) is 0 Å². The smallest absolute Gasteiger partial charge is 0.256 e. The van der Waals surface area contributed by atoms with E-state index in [-0.39, 0.29) is 30.5 Å². The molecule has 2 aromatic heterocycles. The Kier molecular flexibility index (Phi) is 10.2. The molecule has 3 atom stereocenters. The Morgan fingerprint density at radius 1 is 0.818 bits per heavy atom. The highest BCUT2D eigenvalue weighted by Gasteiger charge is 2.58. The van der Waals surface area contributed by atoms with E-state index in [9.17, 15) is 14.7 Å². The van der Waals surface area contributed by atoms with Gasteiger partial charge in [-0.2, -0.15) is 0 Å². The molecule has 1 saturated heterocycles. The van der Waals surface area contributed by atoms with Crippen molar-refractivity contribution in [3.8, 4) is 11.5 Å². The highest BCUT2D eigenvalue weighted by molar-refractivity contribution is 6.06. The van der Waals surface area contributed by atoms with Gasteiger partial charge in [0, 0.05) is 17.4 Å². The minimum absolute atomic E-state index is 0.0236. The van der Waals surface area contributed by atoms with Gasteiger partial charge in [0.05, 0.1) is 33.3 Å². The van der Waals surface area contributed by atoms with Crippen LogP contribution in [0.1, 0.15) is 60.5 Å². The molecule has 4 aromatic carbocycles. The number of imidazole rings is 1. The second-order valence-corrected chi connectivity index (χ2v) is 14.5. The summed E-state index contributed by atoms with van der Waals surface area (Å²) >= 11 is 0. The zero-order chi connectivity index (χ0) is 38.8. The molecule has 282 valence electrons. The lowest BCUT2D eigenvalue weighted by Crippen LogP contribution is -2.57. The number of hydrogen-bond donors (Lipinski definition) is 2. The SMILES string of the molecule is COc1ccc(C(OC[C@@]2(C(=O)C(C)(C)C)O[C@@H](n3cnc4c(NC(=O)c5ccccc5)ncnc43)C[C@@H]2O)(c2ccccc2)c2ccc(OC)cc2)cc1. The predicted molar refractivity (Wildman–Crippen MR) is 206 cm³/mol. The number of aromatic nitrogens is 4. The standard InChI is InChI=1S/C43H43N5O7/c1-41(2,3)40(51)42(34(49)24-35(55-42)48-27-46-36-37(44-26-45-38(36)48)47-39(50)28-12-8-6-9-13-28)25-54-43(29-14-10-7-11-15-29,30-16-20-32(52-4)21-17-30)31-18-22-33(53-5)23-19-31/h6-23,26-27,34-35,49H,24-25H2,1-5H3,(H,44,45,47,50)/t34-,35+,42+/m0/s1. The Bertz CT molecular complexity index is 2230. The van der Waals surface area contributed by atoms with Crippen LogP contribution >= 0.6 is 0 Å². The fourth-order valence-corrected chi connectivity index (χ4v) is 7.17. The zero-order valence-corrected chi connectivity index (χ0v) is 31.3. The van der Waals surface area contributed by atoms with E-state index in [1.807, 2.05) is 84.9 Å². The van der Waals surface area contributed by atoms with Crippen molar-refractivity contribution in [3.63, 3.8) is 0 Å². The van der Waals surface area contributed by atoms with Crippen molar-refractivity contribution in [3.05, 3.63) is 144 Å². The van der Waals surface area contributed by atoms with Crippen molar-refractivity contribution < 1.29 is 33.6 Å². The number of ether oxygens (including phenoxy) is 4. The topological polar surface area (TPSA) is 147 Å². The summed E-state index contributed by atoms with van der Waals surface area (Å²) in [5.41, 5.74) is -0.615. The third-order valence-corrected chi connectivity index (χ3v) is 9.99. The first-order valence-corrected chi connectivity index (χ1v) is 17.9. The van der Waals surface area contributed by atoms with Crippen molar-refractivity contribution in [1.82, 2.24) is 19.5 Å². The molecule has 0 unspecified atom stereocenters. The molecule has 3 heterocycles. The van der Waals surface area contributed by atoms with Gasteiger partial charge in [-0.05, 0) is 53.1 Å². The minimum atomic E-state index is -1.82. The fourth-order valence-electron chi connectivity index (χ4n) is 7.17. The summed E-state index contributed by atoms with van der Waals surface area (Å²) in [4.78, 5) is 41.0. The van der Waals surface area contributed by atoms with Crippen molar-refractivity contribution >= 4 is 28.7 Å². The monoisotopic (exact) mass is 741 g/mol. The Hall–Kier alpha value is -5.95. The first-order chi connectivity index (χ1) is 26.5. The molecule has 1 aliphatic heterocycles. The molecule has 2 N–H and O–H groups in total. The van der Waals surface area contributed by atoms with E-state index >= 15 is 0 Å².